The van der Waals surface area contributed by atoms with Crippen LogP contribution in [0.2, 0.25) is 0 Å². The summed E-state index contributed by atoms with van der Waals surface area (Å²) in [5.74, 6) is -1.75. The molecule has 1 aliphatic heterocycles. The van der Waals surface area contributed by atoms with Crippen molar-refractivity contribution in [3.8, 4) is 0 Å². The zero-order valence-electron chi connectivity index (χ0n) is 11.6. The first-order valence-corrected chi connectivity index (χ1v) is 7.75. The molecule has 1 aliphatic rings. The first-order chi connectivity index (χ1) is 10.6. The minimum atomic E-state index is -0.823. The second-order valence-electron chi connectivity index (χ2n) is 5.05. The summed E-state index contributed by atoms with van der Waals surface area (Å²) >= 11 is 1.22. The van der Waals surface area contributed by atoms with Crippen molar-refractivity contribution in [2.24, 2.45) is 0 Å². The lowest BCUT2D eigenvalue weighted by Crippen LogP contribution is -2.26. The van der Waals surface area contributed by atoms with Crippen LogP contribution in [0.5, 0.6) is 0 Å². The number of anilines is 1. The number of hydrogen-bond donors (Lipinski definition) is 2. The van der Waals surface area contributed by atoms with Gasteiger partial charge in [0.2, 0.25) is 5.01 Å². The van der Waals surface area contributed by atoms with Crippen molar-refractivity contribution in [1.82, 2.24) is 15.5 Å². The first kappa shape index (κ1) is 15.0. The van der Waals surface area contributed by atoms with E-state index in [1.807, 2.05) is 0 Å². The molecule has 8 heteroatoms. The van der Waals surface area contributed by atoms with Crippen molar-refractivity contribution < 1.29 is 13.6 Å². The largest absolute Gasteiger partial charge is 0.317 e. The van der Waals surface area contributed by atoms with Gasteiger partial charge in [0.05, 0.1) is 5.69 Å². The van der Waals surface area contributed by atoms with Crippen LogP contribution in [0.15, 0.2) is 18.2 Å². The molecule has 2 N–H and O–H groups in total. The molecule has 1 aromatic heterocycles. The van der Waals surface area contributed by atoms with Crippen molar-refractivity contribution in [3.05, 3.63) is 39.8 Å². The van der Waals surface area contributed by atoms with Gasteiger partial charge in [-0.05, 0) is 38.1 Å². The third-order valence-electron chi connectivity index (χ3n) is 3.50. The molecule has 22 heavy (non-hydrogen) atoms. The summed E-state index contributed by atoms with van der Waals surface area (Å²) in [4.78, 5) is 12.1. The molecule has 2 heterocycles. The second-order valence-corrected chi connectivity index (χ2v) is 6.06. The number of nitrogens with one attached hydrogen (secondary N) is 2. The SMILES string of the molecule is O=C(Nc1ccc(F)cc1F)c1nnc(C2CCNCC2)s1. The number of carbonyl (C=O) groups is 1. The Kier molecular flexibility index (Phi) is 4.39. The topological polar surface area (TPSA) is 66.9 Å². The highest BCUT2D eigenvalue weighted by Crippen LogP contribution is 2.28. The van der Waals surface area contributed by atoms with Gasteiger partial charge in [0, 0.05) is 12.0 Å². The fourth-order valence-electron chi connectivity index (χ4n) is 2.33. The van der Waals surface area contributed by atoms with E-state index in [0.29, 0.717) is 5.92 Å². The number of piperidine rings is 1. The number of halogens is 2. The molecule has 116 valence electrons. The minimum Gasteiger partial charge on any atom is -0.317 e. The lowest BCUT2D eigenvalue weighted by Gasteiger charge is -2.19. The summed E-state index contributed by atoms with van der Waals surface area (Å²) in [6.07, 6.45) is 1.92. The highest BCUT2D eigenvalue weighted by Gasteiger charge is 2.22. The van der Waals surface area contributed by atoms with Gasteiger partial charge in [-0.25, -0.2) is 8.78 Å². The van der Waals surface area contributed by atoms with Crippen molar-refractivity contribution >= 4 is 22.9 Å². The molecular weight excluding hydrogens is 310 g/mol. The fourth-order valence-corrected chi connectivity index (χ4v) is 3.23. The summed E-state index contributed by atoms with van der Waals surface area (Å²) in [6.45, 7) is 1.85. The summed E-state index contributed by atoms with van der Waals surface area (Å²) < 4.78 is 26.4. The quantitative estimate of drug-likeness (QED) is 0.910. The number of nitrogens with zero attached hydrogens (tertiary/aromatic N) is 2. The third-order valence-corrected chi connectivity index (χ3v) is 4.59. The summed E-state index contributed by atoms with van der Waals surface area (Å²) in [7, 11) is 0. The van der Waals surface area contributed by atoms with Crippen LogP contribution >= 0.6 is 11.3 Å². The van der Waals surface area contributed by atoms with Crippen molar-refractivity contribution in [1.29, 1.82) is 0 Å². The normalized spacial score (nSPS) is 15.7. The Bertz CT molecular complexity index is 685. The smallest absolute Gasteiger partial charge is 0.286 e. The predicted octanol–water partition coefficient (Wildman–Crippen LogP) is 2.54. The number of rotatable bonds is 3. The molecule has 1 saturated heterocycles. The van der Waals surface area contributed by atoms with E-state index in [9.17, 15) is 13.6 Å². The van der Waals surface area contributed by atoms with E-state index < -0.39 is 17.5 Å². The molecule has 0 saturated carbocycles. The minimum absolute atomic E-state index is 0.0787. The van der Waals surface area contributed by atoms with E-state index in [-0.39, 0.29) is 10.7 Å². The number of carbonyl (C=O) groups excluding carboxylic acids is 1. The van der Waals surface area contributed by atoms with Gasteiger partial charge < -0.3 is 10.6 Å². The average molecular weight is 324 g/mol. The average Bonchev–Trinajstić information content (AvgIpc) is 3.01. The monoisotopic (exact) mass is 324 g/mol. The second kappa shape index (κ2) is 6.45. The molecule has 2 aromatic rings. The Morgan fingerprint density at radius 3 is 2.77 bits per heavy atom. The van der Waals surface area contributed by atoms with Crippen LogP contribution in [0.4, 0.5) is 14.5 Å². The lowest BCUT2D eigenvalue weighted by atomic mass is 9.99. The molecule has 0 aliphatic carbocycles. The van der Waals surface area contributed by atoms with Crippen LogP contribution < -0.4 is 10.6 Å². The van der Waals surface area contributed by atoms with Crippen LogP contribution in [0.25, 0.3) is 0 Å². The molecule has 1 aromatic carbocycles. The Balaban J connectivity index is 1.71. The van der Waals surface area contributed by atoms with E-state index in [1.54, 1.807) is 0 Å². The Labute approximate surface area is 129 Å². The summed E-state index contributed by atoms with van der Waals surface area (Å²) in [5.41, 5.74) is -0.0787. The van der Waals surface area contributed by atoms with Gasteiger partial charge in [0.15, 0.2) is 0 Å². The molecule has 0 atom stereocenters. The molecule has 1 amide bonds. The van der Waals surface area contributed by atoms with Gasteiger partial charge in [0.1, 0.15) is 16.6 Å². The fraction of sp³-hybridized carbons (Fsp3) is 0.357. The van der Waals surface area contributed by atoms with E-state index in [4.69, 9.17) is 0 Å². The van der Waals surface area contributed by atoms with Crippen LogP contribution in [-0.2, 0) is 0 Å². The van der Waals surface area contributed by atoms with Gasteiger partial charge in [-0.15, -0.1) is 10.2 Å². The highest BCUT2D eigenvalue weighted by molar-refractivity contribution is 7.13. The van der Waals surface area contributed by atoms with Crippen molar-refractivity contribution in [2.75, 3.05) is 18.4 Å². The van der Waals surface area contributed by atoms with E-state index in [1.165, 1.54) is 17.4 Å². The van der Waals surface area contributed by atoms with Gasteiger partial charge in [0.25, 0.3) is 5.91 Å². The van der Waals surface area contributed by atoms with E-state index in [2.05, 4.69) is 20.8 Å². The van der Waals surface area contributed by atoms with E-state index >= 15 is 0 Å². The van der Waals surface area contributed by atoms with Gasteiger partial charge >= 0.3 is 0 Å². The molecule has 1 fully saturated rings. The van der Waals surface area contributed by atoms with Crippen LogP contribution in [-0.4, -0.2) is 29.2 Å². The van der Waals surface area contributed by atoms with Crippen LogP contribution in [0.3, 0.4) is 0 Å². The molecular formula is C14H14F2N4OS. The molecule has 3 rings (SSSR count). The molecule has 0 spiro atoms. The zero-order valence-corrected chi connectivity index (χ0v) is 12.4. The van der Waals surface area contributed by atoms with Crippen LogP contribution in [0, 0.1) is 11.6 Å². The maximum atomic E-state index is 13.5. The Morgan fingerprint density at radius 1 is 1.27 bits per heavy atom. The summed E-state index contributed by atoms with van der Waals surface area (Å²) in [5, 5.41) is 14.6. The predicted molar refractivity (Wildman–Crippen MR) is 79.1 cm³/mol. The highest BCUT2D eigenvalue weighted by atomic mass is 32.1. The molecule has 0 bridgehead atoms. The molecule has 5 nitrogen and oxygen atoms in total. The zero-order chi connectivity index (χ0) is 15.5. The maximum Gasteiger partial charge on any atom is 0.286 e. The van der Waals surface area contributed by atoms with Gasteiger partial charge in [-0.2, -0.15) is 0 Å². The maximum absolute atomic E-state index is 13.5. The summed E-state index contributed by atoms with van der Waals surface area (Å²) in [6, 6.07) is 2.98. The number of amides is 1. The Hall–Kier alpha value is -1.93. The van der Waals surface area contributed by atoms with Crippen LogP contribution in [0.1, 0.15) is 33.6 Å². The Morgan fingerprint density at radius 2 is 2.05 bits per heavy atom. The standard InChI is InChI=1S/C14H14F2N4OS/c15-9-1-2-11(10(16)7-9)18-12(21)14-20-19-13(22-14)8-3-5-17-6-4-8/h1-2,7-8,17H,3-6H2,(H,18,21). The number of aromatic nitrogens is 2. The van der Waals surface area contributed by atoms with Crippen molar-refractivity contribution in [2.45, 2.75) is 18.8 Å². The molecule has 0 radical (unpaired) electrons. The van der Waals surface area contributed by atoms with E-state index in [0.717, 1.165) is 43.1 Å². The third kappa shape index (κ3) is 3.28. The van der Waals surface area contributed by atoms with Crippen molar-refractivity contribution in [3.63, 3.8) is 0 Å². The van der Waals surface area contributed by atoms with Gasteiger partial charge in [-0.3, -0.25) is 4.79 Å². The van der Waals surface area contributed by atoms with Gasteiger partial charge in [-0.1, -0.05) is 11.3 Å². The lowest BCUT2D eigenvalue weighted by molar-refractivity contribution is 0.102. The molecule has 0 unspecified atom stereocenters. The number of benzene rings is 1. The first-order valence-electron chi connectivity index (χ1n) is 6.94. The number of hydrogen-bond acceptors (Lipinski definition) is 5.